The van der Waals surface area contributed by atoms with Crippen molar-refractivity contribution >= 4 is 38.5 Å². The van der Waals surface area contributed by atoms with Crippen molar-refractivity contribution in [1.82, 2.24) is 4.98 Å². The van der Waals surface area contributed by atoms with Gasteiger partial charge in [-0.3, -0.25) is 9.59 Å². The second kappa shape index (κ2) is 5.16. The number of allylic oxidation sites excluding steroid dienone is 2. The highest BCUT2D eigenvalue weighted by molar-refractivity contribution is 7.22. The van der Waals surface area contributed by atoms with E-state index in [9.17, 15) is 9.59 Å². The maximum Gasteiger partial charge on any atom is 0.239 e. The summed E-state index contributed by atoms with van der Waals surface area (Å²) < 4.78 is 6.13. The Labute approximate surface area is 137 Å². The SMILES string of the molecule is COc1ccc2sc(N3C(=O)[C@@H]4CC=C(C)C[C@H]4C3=O)nc2c1. The Balaban J connectivity index is 1.73. The van der Waals surface area contributed by atoms with Gasteiger partial charge in [0.05, 0.1) is 29.2 Å². The van der Waals surface area contributed by atoms with Crippen molar-refractivity contribution in [2.24, 2.45) is 11.8 Å². The third-order valence-electron chi connectivity index (χ3n) is 4.60. The third-order valence-corrected chi connectivity index (χ3v) is 5.62. The quantitative estimate of drug-likeness (QED) is 0.628. The molecule has 1 aliphatic heterocycles. The van der Waals surface area contributed by atoms with Crippen LogP contribution in [0.3, 0.4) is 0 Å². The highest BCUT2D eigenvalue weighted by Crippen LogP contribution is 2.41. The van der Waals surface area contributed by atoms with Crippen LogP contribution < -0.4 is 9.64 Å². The summed E-state index contributed by atoms with van der Waals surface area (Å²) in [5, 5.41) is 0.468. The lowest BCUT2D eigenvalue weighted by molar-refractivity contribution is -0.122. The minimum Gasteiger partial charge on any atom is -0.497 e. The zero-order valence-electron chi connectivity index (χ0n) is 12.9. The van der Waals surface area contributed by atoms with Gasteiger partial charge in [-0.05, 0) is 31.9 Å². The number of anilines is 1. The second-order valence-corrected chi connectivity index (χ2v) is 7.05. The molecule has 1 aliphatic carbocycles. The second-order valence-electron chi connectivity index (χ2n) is 6.05. The number of carbonyl (C=O) groups is 2. The van der Waals surface area contributed by atoms with E-state index in [1.165, 1.54) is 21.8 Å². The number of fused-ring (bicyclic) bond motifs is 2. The van der Waals surface area contributed by atoms with Gasteiger partial charge < -0.3 is 4.74 Å². The van der Waals surface area contributed by atoms with E-state index >= 15 is 0 Å². The van der Waals surface area contributed by atoms with Gasteiger partial charge in [-0.2, -0.15) is 0 Å². The Hall–Kier alpha value is -2.21. The summed E-state index contributed by atoms with van der Waals surface area (Å²) in [7, 11) is 1.60. The van der Waals surface area contributed by atoms with Gasteiger partial charge in [0.2, 0.25) is 11.8 Å². The fourth-order valence-electron chi connectivity index (χ4n) is 3.34. The number of ether oxygens (including phenoxy) is 1. The molecule has 1 saturated heterocycles. The Bertz CT molecular complexity index is 855. The van der Waals surface area contributed by atoms with Crippen molar-refractivity contribution in [1.29, 1.82) is 0 Å². The van der Waals surface area contributed by atoms with Crippen LogP contribution in [0.5, 0.6) is 5.75 Å². The molecule has 1 aromatic carbocycles. The summed E-state index contributed by atoms with van der Waals surface area (Å²) in [4.78, 5) is 31.2. The van der Waals surface area contributed by atoms with Crippen molar-refractivity contribution in [3.05, 3.63) is 29.8 Å². The van der Waals surface area contributed by atoms with Crippen molar-refractivity contribution in [2.75, 3.05) is 12.0 Å². The molecule has 118 valence electrons. The lowest BCUT2D eigenvalue weighted by Gasteiger charge is -2.18. The summed E-state index contributed by atoms with van der Waals surface area (Å²) in [6.45, 7) is 2.01. The Morgan fingerprint density at radius 3 is 2.83 bits per heavy atom. The van der Waals surface area contributed by atoms with Crippen molar-refractivity contribution in [2.45, 2.75) is 19.8 Å². The van der Waals surface area contributed by atoms with Gasteiger partial charge in [0.25, 0.3) is 0 Å². The number of rotatable bonds is 2. The number of hydrogen-bond donors (Lipinski definition) is 0. The highest BCUT2D eigenvalue weighted by Gasteiger charge is 2.49. The minimum atomic E-state index is -0.229. The molecule has 2 aliphatic rings. The maximum atomic E-state index is 12.7. The summed E-state index contributed by atoms with van der Waals surface area (Å²) >= 11 is 1.37. The van der Waals surface area contributed by atoms with Crippen LogP contribution in [0.25, 0.3) is 10.2 Å². The predicted octanol–water partition coefficient (Wildman–Crippen LogP) is 3.15. The van der Waals surface area contributed by atoms with Gasteiger partial charge in [0.15, 0.2) is 5.13 Å². The molecule has 2 amide bonds. The number of benzene rings is 1. The molecule has 5 nitrogen and oxygen atoms in total. The number of imide groups is 1. The molecule has 1 fully saturated rings. The fraction of sp³-hybridized carbons (Fsp3) is 0.353. The first-order valence-electron chi connectivity index (χ1n) is 7.56. The van der Waals surface area contributed by atoms with Crippen molar-refractivity contribution in [3.63, 3.8) is 0 Å². The Morgan fingerprint density at radius 1 is 1.26 bits per heavy atom. The number of aromatic nitrogens is 1. The zero-order chi connectivity index (χ0) is 16.1. The van der Waals surface area contributed by atoms with E-state index < -0.39 is 0 Å². The van der Waals surface area contributed by atoms with Crippen LogP contribution in [0.4, 0.5) is 5.13 Å². The summed E-state index contributed by atoms with van der Waals surface area (Å²) in [6, 6.07) is 5.57. The van der Waals surface area contributed by atoms with Crippen molar-refractivity contribution in [3.8, 4) is 5.75 Å². The van der Waals surface area contributed by atoms with Gasteiger partial charge in [-0.1, -0.05) is 23.0 Å². The molecule has 2 aromatic rings. The minimum absolute atomic E-state index is 0.113. The van der Waals surface area contributed by atoms with E-state index in [1.54, 1.807) is 7.11 Å². The number of carbonyl (C=O) groups excluding carboxylic acids is 2. The molecule has 2 heterocycles. The molecule has 0 unspecified atom stereocenters. The fourth-order valence-corrected chi connectivity index (χ4v) is 4.30. The Morgan fingerprint density at radius 2 is 2.04 bits per heavy atom. The average Bonchev–Trinajstić information content (AvgIpc) is 3.06. The van der Waals surface area contributed by atoms with Crippen LogP contribution in [0.15, 0.2) is 29.8 Å². The molecule has 23 heavy (non-hydrogen) atoms. The van der Waals surface area contributed by atoms with E-state index in [0.717, 1.165) is 10.2 Å². The molecule has 0 saturated carbocycles. The lowest BCUT2D eigenvalue weighted by Crippen LogP contribution is -2.30. The molecule has 2 atom stereocenters. The molecule has 1 aromatic heterocycles. The van der Waals surface area contributed by atoms with Crippen LogP contribution in [0.2, 0.25) is 0 Å². The van der Waals surface area contributed by atoms with Crippen LogP contribution in [-0.4, -0.2) is 23.9 Å². The largest absolute Gasteiger partial charge is 0.497 e. The summed E-state index contributed by atoms with van der Waals surface area (Å²) in [6.07, 6.45) is 3.39. The van der Waals surface area contributed by atoms with E-state index in [2.05, 4.69) is 11.1 Å². The maximum absolute atomic E-state index is 12.7. The number of amides is 2. The topological polar surface area (TPSA) is 59.5 Å². The monoisotopic (exact) mass is 328 g/mol. The van der Waals surface area contributed by atoms with E-state index in [4.69, 9.17) is 4.74 Å². The van der Waals surface area contributed by atoms with E-state index in [-0.39, 0.29) is 23.7 Å². The first-order valence-corrected chi connectivity index (χ1v) is 8.38. The standard InChI is InChI=1S/C17H16N2O3S/c1-9-3-5-11-12(7-9)16(21)19(15(11)20)17-18-13-8-10(22-2)4-6-14(13)23-17/h3-4,6,8,11-12H,5,7H2,1-2H3/t11-,12-/m1/s1. The van der Waals surface area contributed by atoms with Crippen LogP contribution in [0, 0.1) is 11.8 Å². The van der Waals surface area contributed by atoms with E-state index in [0.29, 0.717) is 23.7 Å². The molecule has 0 N–H and O–H groups in total. The smallest absolute Gasteiger partial charge is 0.239 e. The lowest BCUT2D eigenvalue weighted by atomic mass is 9.82. The number of thiazole rings is 1. The molecule has 0 radical (unpaired) electrons. The van der Waals surface area contributed by atoms with Gasteiger partial charge in [0, 0.05) is 6.07 Å². The molecular weight excluding hydrogens is 312 g/mol. The van der Waals surface area contributed by atoms with Gasteiger partial charge in [-0.25, -0.2) is 9.88 Å². The number of nitrogens with zero attached hydrogens (tertiary/aromatic N) is 2. The zero-order valence-corrected chi connectivity index (χ0v) is 13.7. The predicted molar refractivity (Wildman–Crippen MR) is 88.6 cm³/mol. The first-order chi connectivity index (χ1) is 11.1. The average molecular weight is 328 g/mol. The van der Waals surface area contributed by atoms with Gasteiger partial charge in [-0.15, -0.1) is 0 Å². The molecule has 6 heteroatoms. The van der Waals surface area contributed by atoms with Gasteiger partial charge >= 0.3 is 0 Å². The Kier molecular flexibility index (Phi) is 3.23. The van der Waals surface area contributed by atoms with Crippen LogP contribution in [-0.2, 0) is 9.59 Å². The highest BCUT2D eigenvalue weighted by atomic mass is 32.1. The number of hydrogen-bond acceptors (Lipinski definition) is 5. The first kappa shape index (κ1) is 14.4. The third kappa shape index (κ3) is 2.16. The van der Waals surface area contributed by atoms with Gasteiger partial charge in [0.1, 0.15) is 5.75 Å². The van der Waals surface area contributed by atoms with E-state index in [1.807, 2.05) is 25.1 Å². The molecule has 0 bridgehead atoms. The van der Waals surface area contributed by atoms with Crippen LogP contribution in [0.1, 0.15) is 19.8 Å². The normalized spacial score (nSPS) is 24.1. The molecule has 0 spiro atoms. The summed E-state index contributed by atoms with van der Waals surface area (Å²) in [5.74, 6) is 0.0250. The number of methoxy groups -OCH3 is 1. The van der Waals surface area contributed by atoms with Crippen molar-refractivity contribution < 1.29 is 14.3 Å². The summed E-state index contributed by atoms with van der Waals surface area (Å²) in [5.41, 5.74) is 1.93. The molecular formula is C17H16N2O3S. The molecule has 4 rings (SSSR count). The van der Waals surface area contributed by atoms with Crippen LogP contribution >= 0.6 is 11.3 Å².